The average molecular weight is 250 g/mol. The van der Waals surface area contributed by atoms with E-state index in [1.54, 1.807) is 6.08 Å². The number of esters is 1. The van der Waals surface area contributed by atoms with Crippen molar-refractivity contribution in [1.29, 1.82) is 0 Å². The van der Waals surface area contributed by atoms with Crippen molar-refractivity contribution in [3.8, 4) is 0 Å². The molecule has 3 heteroatoms. The molecule has 0 bridgehead atoms. The Morgan fingerprint density at radius 1 is 1.39 bits per heavy atom. The smallest absolute Gasteiger partial charge is 0.306 e. The maximum atomic E-state index is 11.3. The van der Waals surface area contributed by atoms with E-state index in [0.29, 0.717) is 19.4 Å². The van der Waals surface area contributed by atoms with Gasteiger partial charge in [-0.2, -0.15) is 0 Å². The van der Waals surface area contributed by atoms with Crippen molar-refractivity contribution in [1.82, 2.24) is 0 Å². The van der Waals surface area contributed by atoms with E-state index in [-0.39, 0.29) is 11.7 Å². The molecule has 0 spiro atoms. The summed E-state index contributed by atoms with van der Waals surface area (Å²) in [5, 5.41) is 9.71. The van der Waals surface area contributed by atoms with Gasteiger partial charge < -0.3 is 9.84 Å². The van der Waals surface area contributed by atoms with Gasteiger partial charge in [-0.3, -0.25) is 4.79 Å². The van der Waals surface area contributed by atoms with Crippen LogP contribution in [0.3, 0.4) is 0 Å². The number of ether oxygens (including phenoxy) is 1. The fourth-order valence-corrected chi connectivity index (χ4v) is 1.92. The van der Waals surface area contributed by atoms with E-state index < -0.39 is 0 Å². The summed E-state index contributed by atoms with van der Waals surface area (Å²) in [6.07, 6.45) is 8.60. The minimum absolute atomic E-state index is 0.157. The van der Waals surface area contributed by atoms with Crippen LogP contribution in [-0.2, 0) is 9.53 Å². The van der Waals surface area contributed by atoms with Crippen LogP contribution in [0.1, 0.15) is 45.4 Å². The summed E-state index contributed by atoms with van der Waals surface area (Å²) in [4.78, 5) is 11.3. The highest BCUT2D eigenvalue weighted by molar-refractivity contribution is 5.69. The van der Waals surface area contributed by atoms with Crippen LogP contribution in [0.25, 0.3) is 0 Å². The second-order valence-corrected chi connectivity index (χ2v) is 4.49. The Bertz CT molecular complexity index is 364. The van der Waals surface area contributed by atoms with Crippen LogP contribution in [-0.4, -0.2) is 17.7 Å². The molecule has 1 N–H and O–H groups in total. The molecule has 18 heavy (non-hydrogen) atoms. The average Bonchev–Trinajstić information content (AvgIpc) is 2.42. The van der Waals surface area contributed by atoms with Crippen molar-refractivity contribution in [2.45, 2.75) is 45.4 Å². The van der Waals surface area contributed by atoms with Crippen molar-refractivity contribution in [3.05, 3.63) is 35.6 Å². The van der Waals surface area contributed by atoms with Crippen molar-refractivity contribution < 1.29 is 14.6 Å². The fourth-order valence-electron chi connectivity index (χ4n) is 1.92. The highest BCUT2D eigenvalue weighted by atomic mass is 16.5. The number of allylic oxidation sites excluding steroid dienone is 4. The van der Waals surface area contributed by atoms with E-state index in [4.69, 9.17) is 4.74 Å². The molecule has 1 rings (SSSR count). The lowest BCUT2D eigenvalue weighted by atomic mass is 10.0. The van der Waals surface area contributed by atoms with Crippen LogP contribution in [0.15, 0.2) is 35.6 Å². The van der Waals surface area contributed by atoms with E-state index >= 15 is 0 Å². The highest BCUT2D eigenvalue weighted by Crippen LogP contribution is 2.21. The van der Waals surface area contributed by atoms with Gasteiger partial charge in [-0.25, -0.2) is 0 Å². The number of aliphatic hydroxyl groups is 1. The zero-order valence-electron chi connectivity index (χ0n) is 11.1. The normalized spacial score (nSPS) is 19.9. The molecule has 0 radical (unpaired) electrons. The molecule has 0 amide bonds. The summed E-state index contributed by atoms with van der Waals surface area (Å²) in [6.45, 7) is 6.08. The Morgan fingerprint density at radius 3 is 2.83 bits per heavy atom. The van der Waals surface area contributed by atoms with E-state index in [2.05, 4.69) is 6.58 Å². The van der Waals surface area contributed by atoms with E-state index in [1.807, 2.05) is 13.0 Å². The SMILES string of the molecule is C=C1CCCC/C(CCC(=O)OCC)=C\C=C1O. The van der Waals surface area contributed by atoms with Crippen molar-refractivity contribution >= 4 is 5.97 Å². The lowest BCUT2D eigenvalue weighted by molar-refractivity contribution is -0.143. The summed E-state index contributed by atoms with van der Waals surface area (Å²) in [5.74, 6) is 0.0985. The molecule has 1 aliphatic carbocycles. The van der Waals surface area contributed by atoms with E-state index in [9.17, 15) is 9.90 Å². The van der Waals surface area contributed by atoms with Gasteiger partial charge in [0.15, 0.2) is 0 Å². The number of rotatable bonds is 4. The lowest BCUT2D eigenvalue weighted by Crippen LogP contribution is -2.04. The molecule has 0 aliphatic heterocycles. The summed E-state index contributed by atoms with van der Waals surface area (Å²) in [6, 6.07) is 0. The standard InChI is InChI=1S/C15H22O3/c1-3-18-15(17)11-9-13-7-5-4-6-12(2)14(16)10-8-13/h8,10,16H,2-7,9,11H2,1H3/b13-8+,14-10?. The predicted octanol–water partition coefficient (Wildman–Crippen LogP) is 3.83. The zero-order chi connectivity index (χ0) is 13.4. The molecule has 0 aromatic rings. The largest absolute Gasteiger partial charge is 0.508 e. The maximum absolute atomic E-state index is 11.3. The summed E-state index contributed by atoms with van der Waals surface area (Å²) >= 11 is 0. The minimum Gasteiger partial charge on any atom is -0.508 e. The lowest BCUT2D eigenvalue weighted by Gasteiger charge is -2.06. The van der Waals surface area contributed by atoms with Gasteiger partial charge in [0.05, 0.1) is 6.61 Å². The van der Waals surface area contributed by atoms with Crippen molar-refractivity contribution in [3.63, 3.8) is 0 Å². The van der Waals surface area contributed by atoms with Gasteiger partial charge in [-0.15, -0.1) is 0 Å². The van der Waals surface area contributed by atoms with Gasteiger partial charge in [0.1, 0.15) is 5.76 Å². The third kappa shape index (κ3) is 5.21. The van der Waals surface area contributed by atoms with Gasteiger partial charge in [0.25, 0.3) is 0 Å². The second kappa shape index (κ2) is 7.75. The maximum Gasteiger partial charge on any atom is 0.306 e. The number of hydrogen-bond acceptors (Lipinski definition) is 3. The van der Waals surface area contributed by atoms with Crippen molar-refractivity contribution in [2.75, 3.05) is 6.61 Å². The molecule has 0 saturated heterocycles. The Morgan fingerprint density at radius 2 is 2.11 bits per heavy atom. The molecule has 3 nitrogen and oxygen atoms in total. The Labute approximate surface area is 109 Å². The number of aliphatic hydroxyl groups excluding tert-OH is 1. The third-order valence-electron chi connectivity index (χ3n) is 3.02. The van der Waals surface area contributed by atoms with Gasteiger partial charge in [0.2, 0.25) is 0 Å². The van der Waals surface area contributed by atoms with Crippen LogP contribution in [0.2, 0.25) is 0 Å². The van der Waals surface area contributed by atoms with Crippen LogP contribution < -0.4 is 0 Å². The summed E-state index contributed by atoms with van der Waals surface area (Å²) < 4.78 is 4.91. The first-order valence-corrected chi connectivity index (χ1v) is 6.56. The molecular weight excluding hydrogens is 228 g/mol. The first-order chi connectivity index (χ1) is 8.63. The van der Waals surface area contributed by atoms with Gasteiger partial charge in [-0.05, 0) is 50.7 Å². The third-order valence-corrected chi connectivity index (χ3v) is 3.02. The first kappa shape index (κ1) is 14.6. The van der Waals surface area contributed by atoms with Crippen LogP contribution >= 0.6 is 0 Å². The monoisotopic (exact) mass is 250 g/mol. The molecular formula is C15H22O3. The topological polar surface area (TPSA) is 46.5 Å². The minimum atomic E-state index is -0.157. The second-order valence-electron chi connectivity index (χ2n) is 4.49. The molecule has 1 aliphatic rings. The predicted molar refractivity (Wildman–Crippen MR) is 72.3 cm³/mol. The molecule has 0 aromatic heterocycles. The van der Waals surface area contributed by atoms with E-state index in [1.165, 1.54) is 5.57 Å². The van der Waals surface area contributed by atoms with Crippen LogP contribution in [0, 0.1) is 0 Å². The van der Waals surface area contributed by atoms with Gasteiger partial charge in [-0.1, -0.05) is 18.2 Å². The van der Waals surface area contributed by atoms with E-state index in [0.717, 1.165) is 31.3 Å². The zero-order valence-corrected chi connectivity index (χ0v) is 11.1. The summed E-state index contributed by atoms with van der Waals surface area (Å²) in [5.41, 5.74) is 1.97. The highest BCUT2D eigenvalue weighted by Gasteiger charge is 2.07. The van der Waals surface area contributed by atoms with Gasteiger partial charge in [0, 0.05) is 6.42 Å². The number of carbonyl (C=O) groups is 1. The molecule has 0 atom stereocenters. The van der Waals surface area contributed by atoms with Crippen molar-refractivity contribution in [2.24, 2.45) is 0 Å². The molecule has 0 heterocycles. The quantitative estimate of drug-likeness (QED) is 0.771. The number of carbonyl (C=O) groups excluding carboxylic acids is 1. The molecule has 100 valence electrons. The number of hydrogen-bond donors (Lipinski definition) is 1. The first-order valence-electron chi connectivity index (χ1n) is 6.56. The Kier molecular flexibility index (Phi) is 6.26. The van der Waals surface area contributed by atoms with Crippen LogP contribution in [0.5, 0.6) is 0 Å². The molecule has 0 aromatic carbocycles. The summed E-state index contributed by atoms with van der Waals surface area (Å²) in [7, 11) is 0. The Balaban J connectivity index is 2.56. The Hall–Kier alpha value is -1.51. The van der Waals surface area contributed by atoms with Crippen LogP contribution in [0.4, 0.5) is 0 Å². The molecule has 0 unspecified atom stereocenters. The van der Waals surface area contributed by atoms with Gasteiger partial charge >= 0.3 is 5.97 Å². The fraction of sp³-hybridized carbons (Fsp3) is 0.533. The molecule has 0 saturated carbocycles. The molecule has 0 fully saturated rings.